The van der Waals surface area contributed by atoms with Gasteiger partial charge in [0.25, 0.3) is 0 Å². The van der Waals surface area contributed by atoms with Gasteiger partial charge in [-0.05, 0) is 18.9 Å². The summed E-state index contributed by atoms with van der Waals surface area (Å²) in [5, 5.41) is 0. The number of nitrogens with zero attached hydrogens (tertiary/aromatic N) is 1. The fourth-order valence-corrected chi connectivity index (χ4v) is 2.69. The van der Waals surface area contributed by atoms with E-state index in [0.29, 0.717) is 0 Å². The third-order valence-electron chi connectivity index (χ3n) is 3.52. The fourth-order valence-electron chi connectivity index (χ4n) is 2.69. The number of ether oxygens (including phenoxy) is 1. The van der Waals surface area contributed by atoms with Crippen molar-refractivity contribution in [3.63, 3.8) is 0 Å². The lowest BCUT2D eigenvalue weighted by Gasteiger charge is -2.23. The maximum Gasteiger partial charge on any atom is 0.198 e. The summed E-state index contributed by atoms with van der Waals surface area (Å²) < 4.78 is 7.80. The van der Waals surface area contributed by atoms with Crippen LogP contribution in [0.3, 0.4) is 0 Å². The highest BCUT2D eigenvalue weighted by Gasteiger charge is 2.36. The molecule has 0 unspecified atom stereocenters. The van der Waals surface area contributed by atoms with Gasteiger partial charge in [0.15, 0.2) is 5.88 Å². The first-order valence-corrected chi connectivity index (χ1v) is 5.41. The molecule has 0 bridgehead atoms. The summed E-state index contributed by atoms with van der Waals surface area (Å²) in [7, 11) is 0. The van der Waals surface area contributed by atoms with Gasteiger partial charge in [-0.25, -0.2) is 0 Å². The largest absolute Gasteiger partial charge is 0.477 e. The second-order valence-corrected chi connectivity index (χ2v) is 4.44. The van der Waals surface area contributed by atoms with E-state index in [2.05, 4.69) is 16.8 Å². The van der Waals surface area contributed by atoms with Crippen LogP contribution >= 0.6 is 0 Å². The first-order valence-electron chi connectivity index (χ1n) is 5.41. The van der Waals surface area contributed by atoms with Gasteiger partial charge in [0.2, 0.25) is 0 Å². The summed E-state index contributed by atoms with van der Waals surface area (Å²) in [6.07, 6.45) is 6.81. The monoisotopic (exact) mass is 192 g/mol. The third kappa shape index (κ3) is 1.02. The number of aromatic nitrogens is 1. The van der Waals surface area contributed by atoms with Crippen LogP contribution in [0.25, 0.3) is 0 Å². The van der Waals surface area contributed by atoms with Crippen molar-refractivity contribution in [1.29, 1.82) is 0 Å². The van der Waals surface area contributed by atoms with Crippen LogP contribution in [0.5, 0.6) is 5.88 Å². The molecule has 0 aromatic carbocycles. The molecule has 14 heavy (non-hydrogen) atoms. The van der Waals surface area contributed by atoms with Gasteiger partial charge in [0.1, 0.15) is 6.61 Å². The zero-order valence-electron chi connectivity index (χ0n) is 8.33. The first-order chi connectivity index (χ1) is 6.80. The minimum absolute atomic E-state index is 0.106. The van der Waals surface area contributed by atoms with Crippen LogP contribution in [0.4, 0.5) is 0 Å². The van der Waals surface area contributed by atoms with Crippen molar-refractivity contribution in [2.45, 2.75) is 37.8 Å². The number of hydrogen-bond donors (Lipinski definition) is 1. The van der Waals surface area contributed by atoms with Gasteiger partial charge in [-0.2, -0.15) is 0 Å². The van der Waals surface area contributed by atoms with E-state index in [1.165, 1.54) is 18.4 Å². The van der Waals surface area contributed by atoms with Gasteiger partial charge >= 0.3 is 0 Å². The van der Waals surface area contributed by atoms with Crippen LogP contribution < -0.4 is 10.5 Å². The summed E-state index contributed by atoms with van der Waals surface area (Å²) in [4.78, 5) is 0. The molecule has 2 N–H and O–H groups in total. The summed E-state index contributed by atoms with van der Waals surface area (Å²) in [5.41, 5.74) is 7.53. The lowest BCUT2D eigenvalue weighted by atomic mass is 9.91. The Hall–Kier alpha value is -0.960. The Balaban J connectivity index is 2.03. The molecule has 2 aliphatic rings. The fraction of sp³-hybridized carbons (Fsp3) is 0.636. The average molecular weight is 192 g/mol. The molecular formula is C11H16N2O. The Labute approximate surface area is 83.8 Å². The van der Waals surface area contributed by atoms with Gasteiger partial charge < -0.3 is 15.0 Å². The van der Waals surface area contributed by atoms with E-state index in [9.17, 15) is 0 Å². The van der Waals surface area contributed by atoms with Crippen LogP contribution in [0.2, 0.25) is 0 Å². The Morgan fingerprint density at radius 3 is 2.93 bits per heavy atom. The molecule has 1 aliphatic carbocycles. The summed E-state index contributed by atoms with van der Waals surface area (Å²) >= 11 is 0. The summed E-state index contributed by atoms with van der Waals surface area (Å²) in [6.45, 7) is 1.78. The van der Waals surface area contributed by atoms with Gasteiger partial charge in [-0.1, -0.05) is 12.8 Å². The molecule has 76 valence electrons. The molecule has 0 saturated heterocycles. The predicted molar refractivity (Wildman–Crippen MR) is 54.3 cm³/mol. The van der Waals surface area contributed by atoms with E-state index in [-0.39, 0.29) is 5.54 Å². The van der Waals surface area contributed by atoms with E-state index in [1.54, 1.807) is 0 Å². The van der Waals surface area contributed by atoms with E-state index >= 15 is 0 Å². The Bertz CT molecular complexity index is 350. The normalized spacial score (nSPS) is 23.5. The van der Waals surface area contributed by atoms with Gasteiger partial charge in [0.05, 0.1) is 6.54 Å². The van der Waals surface area contributed by atoms with Crippen LogP contribution in [0.15, 0.2) is 12.3 Å². The van der Waals surface area contributed by atoms with E-state index in [4.69, 9.17) is 10.5 Å². The highest BCUT2D eigenvalue weighted by Crippen LogP contribution is 2.42. The molecule has 0 radical (unpaired) electrons. The molecule has 2 heterocycles. The lowest BCUT2D eigenvalue weighted by molar-refractivity contribution is 0.339. The van der Waals surface area contributed by atoms with Crippen molar-refractivity contribution in [3.8, 4) is 5.88 Å². The first kappa shape index (κ1) is 8.36. The molecule has 0 amide bonds. The Kier molecular flexibility index (Phi) is 1.65. The number of hydrogen-bond acceptors (Lipinski definition) is 2. The Morgan fingerprint density at radius 2 is 2.14 bits per heavy atom. The van der Waals surface area contributed by atoms with Gasteiger partial charge in [-0.15, -0.1) is 0 Å². The van der Waals surface area contributed by atoms with Crippen molar-refractivity contribution < 1.29 is 4.74 Å². The highest BCUT2D eigenvalue weighted by molar-refractivity contribution is 5.37. The average Bonchev–Trinajstić information content (AvgIpc) is 2.76. The molecule has 3 heteroatoms. The molecule has 1 aliphatic heterocycles. The minimum Gasteiger partial charge on any atom is -0.477 e. The maximum atomic E-state index is 6.40. The molecular weight excluding hydrogens is 176 g/mol. The predicted octanol–water partition coefficient (Wildman–Crippen LogP) is 1.61. The van der Waals surface area contributed by atoms with Crippen molar-refractivity contribution in [3.05, 3.63) is 17.8 Å². The molecule has 1 saturated carbocycles. The number of fused-ring (bicyclic) bond motifs is 1. The van der Waals surface area contributed by atoms with Crippen LogP contribution in [0, 0.1) is 0 Å². The second-order valence-electron chi connectivity index (χ2n) is 4.44. The van der Waals surface area contributed by atoms with Gasteiger partial charge in [0, 0.05) is 17.3 Å². The van der Waals surface area contributed by atoms with Crippen molar-refractivity contribution in [2.75, 3.05) is 6.61 Å². The maximum absolute atomic E-state index is 6.40. The molecule has 3 rings (SSSR count). The second kappa shape index (κ2) is 2.76. The Morgan fingerprint density at radius 1 is 1.36 bits per heavy atom. The highest BCUT2D eigenvalue weighted by atomic mass is 16.5. The zero-order chi connectivity index (χ0) is 9.60. The molecule has 0 atom stereocenters. The minimum atomic E-state index is -0.106. The van der Waals surface area contributed by atoms with Gasteiger partial charge in [-0.3, -0.25) is 0 Å². The standard InChI is InChI=1S/C11H16N2O/c12-11(4-1-2-5-11)9-3-6-13-7-8-14-10(9)13/h3,6H,1-2,4-5,7-8,12H2. The van der Waals surface area contributed by atoms with Crippen molar-refractivity contribution in [1.82, 2.24) is 4.57 Å². The SMILES string of the molecule is NC1(c2ccn3c2OCC3)CCCC1. The van der Waals surface area contributed by atoms with E-state index < -0.39 is 0 Å². The van der Waals surface area contributed by atoms with Crippen LogP contribution in [-0.2, 0) is 12.1 Å². The molecule has 0 spiro atoms. The number of nitrogens with two attached hydrogens (primary N) is 1. The molecule has 1 aromatic rings. The number of rotatable bonds is 1. The van der Waals surface area contributed by atoms with Crippen molar-refractivity contribution >= 4 is 0 Å². The van der Waals surface area contributed by atoms with E-state index in [0.717, 1.165) is 31.9 Å². The topological polar surface area (TPSA) is 40.2 Å². The van der Waals surface area contributed by atoms with Crippen molar-refractivity contribution in [2.24, 2.45) is 5.73 Å². The zero-order valence-corrected chi connectivity index (χ0v) is 8.33. The molecule has 3 nitrogen and oxygen atoms in total. The molecule has 1 fully saturated rings. The smallest absolute Gasteiger partial charge is 0.198 e. The summed E-state index contributed by atoms with van der Waals surface area (Å²) in [6, 6.07) is 2.14. The quantitative estimate of drug-likeness (QED) is 0.734. The van der Waals surface area contributed by atoms with E-state index in [1.807, 2.05) is 0 Å². The lowest BCUT2D eigenvalue weighted by Crippen LogP contribution is -2.33. The molecule has 1 aromatic heterocycles. The summed E-state index contributed by atoms with van der Waals surface area (Å²) in [5.74, 6) is 1.02. The third-order valence-corrected chi connectivity index (χ3v) is 3.52. The van der Waals surface area contributed by atoms with Crippen LogP contribution in [-0.4, -0.2) is 11.2 Å². The van der Waals surface area contributed by atoms with Crippen LogP contribution in [0.1, 0.15) is 31.2 Å².